The Morgan fingerprint density at radius 1 is 1.29 bits per heavy atom. The number of carbonyl (C=O) groups is 1. The molecule has 0 bridgehead atoms. The molecule has 1 aliphatic rings. The van der Waals surface area contributed by atoms with Crippen LogP contribution in [0, 0.1) is 11.3 Å². The Hall–Kier alpha value is -2.76. The lowest BCUT2D eigenvalue weighted by atomic mass is 10.0. The van der Waals surface area contributed by atoms with Gasteiger partial charge in [0.25, 0.3) is 5.91 Å². The highest BCUT2D eigenvalue weighted by atomic mass is 32.1. The van der Waals surface area contributed by atoms with Gasteiger partial charge in [-0.05, 0) is 17.7 Å². The van der Waals surface area contributed by atoms with Gasteiger partial charge < -0.3 is 25.6 Å². The lowest BCUT2D eigenvalue weighted by Crippen LogP contribution is -2.36. The molecule has 8 heteroatoms. The monoisotopic (exact) mass is 345 g/mol. The number of primary amides is 1. The lowest BCUT2D eigenvalue weighted by Gasteiger charge is -2.27. The maximum atomic E-state index is 11.9. The second-order valence-electron chi connectivity index (χ2n) is 5.27. The fourth-order valence-corrected chi connectivity index (χ4v) is 3.82. The van der Waals surface area contributed by atoms with E-state index in [4.69, 9.17) is 10.5 Å². The van der Waals surface area contributed by atoms with E-state index in [-0.39, 0.29) is 16.4 Å². The maximum absolute atomic E-state index is 11.9. The Bertz CT molecular complexity index is 835. The molecular weight excluding hydrogens is 330 g/mol. The summed E-state index contributed by atoms with van der Waals surface area (Å²) in [6.07, 6.45) is 0. The number of phenols is 2. The SMILES string of the molecule is N#Cc1c(N2CCOCC2)sc(C(N)=O)c1-c1ccc(O)c(O)c1. The zero-order chi connectivity index (χ0) is 17.3. The van der Waals surface area contributed by atoms with Gasteiger partial charge in [-0.3, -0.25) is 4.79 Å². The molecule has 1 aliphatic heterocycles. The molecule has 0 spiro atoms. The Labute approximate surface area is 142 Å². The second kappa shape index (κ2) is 6.39. The number of nitriles is 1. The zero-order valence-electron chi connectivity index (χ0n) is 12.7. The first-order valence-electron chi connectivity index (χ1n) is 7.24. The molecule has 24 heavy (non-hydrogen) atoms. The van der Waals surface area contributed by atoms with Crippen LogP contribution < -0.4 is 10.6 Å². The van der Waals surface area contributed by atoms with E-state index in [1.165, 1.54) is 18.2 Å². The number of rotatable bonds is 3. The van der Waals surface area contributed by atoms with E-state index in [1.54, 1.807) is 0 Å². The Balaban J connectivity index is 2.19. The molecule has 0 aliphatic carbocycles. The molecule has 0 unspecified atom stereocenters. The van der Waals surface area contributed by atoms with Gasteiger partial charge >= 0.3 is 0 Å². The van der Waals surface area contributed by atoms with Crippen molar-refractivity contribution in [2.75, 3.05) is 31.2 Å². The van der Waals surface area contributed by atoms with Crippen LogP contribution in [-0.4, -0.2) is 42.4 Å². The number of aromatic hydroxyl groups is 2. The quantitative estimate of drug-likeness (QED) is 0.727. The minimum Gasteiger partial charge on any atom is -0.504 e. The fraction of sp³-hybridized carbons (Fsp3) is 0.250. The smallest absolute Gasteiger partial charge is 0.259 e. The van der Waals surface area contributed by atoms with Crippen LogP contribution in [0.15, 0.2) is 18.2 Å². The van der Waals surface area contributed by atoms with Crippen molar-refractivity contribution < 1.29 is 19.7 Å². The van der Waals surface area contributed by atoms with Crippen molar-refractivity contribution in [2.24, 2.45) is 5.73 Å². The van der Waals surface area contributed by atoms with E-state index in [0.717, 1.165) is 11.3 Å². The molecule has 1 fully saturated rings. The van der Waals surface area contributed by atoms with Crippen LogP contribution in [0.3, 0.4) is 0 Å². The van der Waals surface area contributed by atoms with Gasteiger partial charge in [-0.15, -0.1) is 11.3 Å². The van der Waals surface area contributed by atoms with Crippen LogP contribution >= 0.6 is 11.3 Å². The first-order valence-corrected chi connectivity index (χ1v) is 8.06. The van der Waals surface area contributed by atoms with Gasteiger partial charge in [0.15, 0.2) is 11.5 Å². The largest absolute Gasteiger partial charge is 0.504 e. The van der Waals surface area contributed by atoms with Crippen LogP contribution in [0.2, 0.25) is 0 Å². The number of amides is 1. The van der Waals surface area contributed by atoms with Crippen molar-refractivity contribution in [1.29, 1.82) is 5.26 Å². The minimum atomic E-state index is -0.640. The number of morpholine rings is 1. The summed E-state index contributed by atoms with van der Waals surface area (Å²) in [5.74, 6) is -1.24. The third-order valence-electron chi connectivity index (χ3n) is 3.79. The number of nitrogens with two attached hydrogens (primary N) is 1. The molecule has 124 valence electrons. The molecule has 2 aromatic rings. The highest BCUT2D eigenvalue weighted by molar-refractivity contribution is 7.18. The van der Waals surface area contributed by atoms with Crippen LogP contribution in [0.1, 0.15) is 15.2 Å². The second-order valence-corrected chi connectivity index (χ2v) is 6.26. The number of anilines is 1. The van der Waals surface area contributed by atoms with E-state index in [1.807, 2.05) is 4.90 Å². The van der Waals surface area contributed by atoms with Gasteiger partial charge in [0.05, 0.1) is 18.8 Å². The molecule has 0 atom stereocenters. The molecule has 1 aromatic heterocycles. The highest BCUT2D eigenvalue weighted by Crippen LogP contribution is 2.43. The molecule has 0 saturated carbocycles. The Kier molecular flexibility index (Phi) is 4.29. The number of hydrogen-bond acceptors (Lipinski definition) is 7. The number of carbonyl (C=O) groups excluding carboxylic acids is 1. The van der Waals surface area contributed by atoms with E-state index >= 15 is 0 Å². The molecular formula is C16H15N3O4S. The molecule has 1 saturated heterocycles. The molecule has 2 heterocycles. The van der Waals surface area contributed by atoms with Gasteiger partial charge in [-0.1, -0.05) is 6.07 Å². The van der Waals surface area contributed by atoms with Crippen molar-refractivity contribution in [3.05, 3.63) is 28.6 Å². The Morgan fingerprint density at radius 3 is 2.58 bits per heavy atom. The predicted molar refractivity (Wildman–Crippen MR) is 89.3 cm³/mol. The molecule has 1 amide bonds. The first-order chi connectivity index (χ1) is 11.5. The average molecular weight is 345 g/mol. The van der Waals surface area contributed by atoms with Crippen molar-refractivity contribution in [2.45, 2.75) is 0 Å². The van der Waals surface area contributed by atoms with Crippen LogP contribution in [0.25, 0.3) is 11.1 Å². The molecule has 7 nitrogen and oxygen atoms in total. The van der Waals surface area contributed by atoms with Gasteiger partial charge in [-0.25, -0.2) is 0 Å². The molecule has 0 radical (unpaired) electrons. The molecule has 1 aromatic carbocycles. The maximum Gasteiger partial charge on any atom is 0.259 e. The molecule has 4 N–H and O–H groups in total. The third-order valence-corrected chi connectivity index (χ3v) is 5.05. The summed E-state index contributed by atoms with van der Waals surface area (Å²) < 4.78 is 5.32. The predicted octanol–water partition coefficient (Wildman–Crippen LogP) is 1.63. The van der Waals surface area contributed by atoms with E-state index in [0.29, 0.717) is 48.0 Å². The van der Waals surface area contributed by atoms with Gasteiger partial charge in [0.1, 0.15) is 15.9 Å². The number of thiophene rings is 1. The standard InChI is InChI=1S/C16H15N3O4S/c17-8-10-13(9-1-2-11(20)12(21)7-9)14(15(18)22)24-16(10)19-3-5-23-6-4-19/h1-2,7,20-21H,3-6H2,(H2,18,22). The summed E-state index contributed by atoms with van der Waals surface area (Å²) in [5.41, 5.74) is 6.66. The number of benzene rings is 1. The van der Waals surface area contributed by atoms with Gasteiger partial charge in [0.2, 0.25) is 0 Å². The minimum absolute atomic E-state index is 0.248. The average Bonchev–Trinajstić information content (AvgIpc) is 2.98. The summed E-state index contributed by atoms with van der Waals surface area (Å²) >= 11 is 1.16. The highest BCUT2D eigenvalue weighted by Gasteiger charge is 2.27. The summed E-state index contributed by atoms with van der Waals surface area (Å²) in [6.45, 7) is 2.33. The summed E-state index contributed by atoms with van der Waals surface area (Å²) in [5, 5.41) is 29.5. The van der Waals surface area contributed by atoms with Crippen molar-refractivity contribution in [1.82, 2.24) is 0 Å². The lowest BCUT2D eigenvalue weighted by molar-refractivity contribution is 0.100. The normalized spacial score (nSPS) is 14.4. The van der Waals surface area contributed by atoms with E-state index in [9.17, 15) is 20.3 Å². The van der Waals surface area contributed by atoms with Crippen molar-refractivity contribution in [3.8, 4) is 28.7 Å². The van der Waals surface area contributed by atoms with Gasteiger partial charge in [0, 0.05) is 18.7 Å². The summed E-state index contributed by atoms with van der Waals surface area (Å²) in [7, 11) is 0. The van der Waals surface area contributed by atoms with Crippen LogP contribution in [0.5, 0.6) is 11.5 Å². The van der Waals surface area contributed by atoms with Gasteiger partial charge in [-0.2, -0.15) is 5.26 Å². The number of phenolic OH excluding ortho intramolecular Hbond substituents is 2. The zero-order valence-corrected chi connectivity index (χ0v) is 13.5. The van der Waals surface area contributed by atoms with E-state index < -0.39 is 5.91 Å². The molecule has 3 rings (SSSR count). The summed E-state index contributed by atoms with van der Waals surface area (Å²) in [6, 6.07) is 6.30. The Morgan fingerprint density at radius 2 is 2.00 bits per heavy atom. The number of ether oxygens (including phenoxy) is 1. The van der Waals surface area contributed by atoms with Crippen molar-refractivity contribution >= 4 is 22.2 Å². The number of nitrogens with zero attached hydrogens (tertiary/aromatic N) is 2. The summed E-state index contributed by atoms with van der Waals surface area (Å²) in [4.78, 5) is 14.1. The van der Waals surface area contributed by atoms with Crippen LogP contribution in [0.4, 0.5) is 5.00 Å². The van der Waals surface area contributed by atoms with E-state index in [2.05, 4.69) is 6.07 Å². The van der Waals surface area contributed by atoms with Crippen LogP contribution in [-0.2, 0) is 4.74 Å². The topological polar surface area (TPSA) is 120 Å². The first kappa shape index (κ1) is 16.1. The number of hydrogen-bond donors (Lipinski definition) is 3. The fourth-order valence-electron chi connectivity index (χ4n) is 2.64. The third kappa shape index (κ3) is 2.75. The van der Waals surface area contributed by atoms with Crippen molar-refractivity contribution in [3.63, 3.8) is 0 Å².